The molecule has 2 aromatic heterocycles. The van der Waals surface area contributed by atoms with Gasteiger partial charge in [-0.25, -0.2) is 4.98 Å². The summed E-state index contributed by atoms with van der Waals surface area (Å²) < 4.78 is 0.708. The zero-order valence-electron chi connectivity index (χ0n) is 17.3. The molecule has 0 unspecified atom stereocenters. The van der Waals surface area contributed by atoms with Crippen molar-refractivity contribution in [1.29, 1.82) is 0 Å². The molecule has 34 heavy (non-hydrogen) atoms. The van der Waals surface area contributed by atoms with E-state index in [0.717, 1.165) is 5.56 Å². The maximum Gasteiger partial charge on any atom is 0.488 e. The topological polar surface area (TPSA) is 118 Å². The Balaban J connectivity index is 0.000000190. The largest absolute Gasteiger partial charge is 0.488 e. The summed E-state index contributed by atoms with van der Waals surface area (Å²) in [6.07, 6.45) is 3.36. The predicted octanol–water partition coefficient (Wildman–Crippen LogP) is 5.74. The number of benzene rings is 2. The molecule has 2 aromatic carbocycles. The minimum atomic E-state index is -1.52. The van der Waals surface area contributed by atoms with Crippen LogP contribution in [-0.4, -0.2) is 27.1 Å². The van der Waals surface area contributed by atoms with Crippen LogP contribution in [0, 0.1) is 0 Å². The fraction of sp³-hybridized carbons (Fsp3) is 0. The van der Waals surface area contributed by atoms with Gasteiger partial charge in [-0.15, -0.1) is 0 Å². The van der Waals surface area contributed by atoms with Crippen LogP contribution in [0.5, 0.6) is 0 Å². The Morgan fingerprint density at radius 3 is 1.59 bits per heavy atom. The van der Waals surface area contributed by atoms with E-state index in [0.29, 0.717) is 47.2 Å². The van der Waals surface area contributed by atoms with Crippen molar-refractivity contribution >= 4 is 86.3 Å². The molecule has 2 heterocycles. The van der Waals surface area contributed by atoms with Crippen molar-refractivity contribution < 1.29 is 10.0 Å². The summed E-state index contributed by atoms with van der Waals surface area (Å²) >= 11 is 26.1. The highest BCUT2D eigenvalue weighted by Crippen LogP contribution is 2.28. The molecule has 0 spiro atoms. The minimum Gasteiger partial charge on any atom is -0.423 e. The molecule has 0 aliphatic heterocycles. The van der Waals surface area contributed by atoms with E-state index in [-0.39, 0.29) is 0 Å². The molecule has 0 saturated carbocycles. The molecule has 4 aromatic rings. The summed E-state index contributed by atoms with van der Waals surface area (Å²) in [7, 11) is -1.52. The third-order valence-corrected chi connectivity index (χ3v) is 5.48. The Bertz CT molecular complexity index is 1190. The van der Waals surface area contributed by atoms with Crippen molar-refractivity contribution in [3.63, 3.8) is 0 Å². The van der Waals surface area contributed by atoms with Gasteiger partial charge in [0.1, 0.15) is 4.60 Å². The smallest absolute Gasteiger partial charge is 0.423 e. The predicted molar refractivity (Wildman–Crippen MR) is 147 cm³/mol. The number of hydrogen-bond acceptors (Lipinski definition) is 6. The molecule has 0 radical (unpaired) electrons. The lowest BCUT2D eigenvalue weighted by molar-refractivity contribution is 0.426. The molecule has 176 valence electrons. The second-order valence-corrected chi connectivity index (χ2v) is 9.06. The van der Waals surface area contributed by atoms with E-state index < -0.39 is 7.12 Å². The summed E-state index contributed by atoms with van der Waals surface area (Å²) in [5, 5.41) is 19.3. The number of hydrogen-bond donors (Lipinski definition) is 4. The van der Waals surface area contributed by atoms with Gasteiger partial charge in [-0.2, -0.15) is 0 Å². The van der Waals surface area contributed by atoms with Crippen LogP contribution >= 0.6 is 62.3 Å². The molecule has 12 heteroatoms. The molecule has 6 N–H and O–H groups in total. The summed E-state index contributed by atoms with van der Waals surface area (Å²) in [6.45, 7) is 0. The SMILES string of the molecule is Nc1cccnc1-c1cc(Cl)cc(Cl)c1.Nc1cccnc1Br.OB(O)c1cc(Cl)cc(Cl)c1. The van der Waals surface area contributed by atoms with Gasteiger partial charge in [0, 0.05) is 38.0 Å². The van der Waals surface area contributed by atoms with Crippen molar-refractivity contribution in [2.45, 2.75) is 0 Å². The normalized spacial score (nSPS) is 9.85. The molecule has 4 rings (SSSR count). The molecule has 6 nitrogen and oxygen atoms in total. The molecule has 0 aliphatic carbocycles. The number of nitrogen functional groups attached to an aromatic ring is 2. The van der Waals surface area contributed by atoms with Gasteiger partial charge in [-0.05, 0) is 82.1 Å². The highest BCUT2D eigenvalue weighted by atomic mass is 79.9. The van der Waals surface area contributed by atoms with Crippen molar-refractivity contribution in [3.05, 3.63) is 97.8 Å². The number of rotatable bonds is 2. The summed E-state index contributed by atoms with van der Waals surface area (Å²) in [4.78, 5) is 8.06. The van der Waals surface area contributed by atoms with E-state index in [4.69, 9.17) is 67.9 Å². The lowest BCUT2D eigenvalue weighted by atomic mass is 9.80. The number of anilines is 2. The minimum absolute atomic E-state index is 0.294. The molecule has 0 fully saturated rings. The van der Waals surface area contributed by atoms with Crippen molar-refractivity contribution in [3.8, 4) is 11.3 Å². The van der Waals surface area contributed by atoms with Gasteiger partial charge < -0.3 is 21.5 Å². The van der Waals surface area contributed by atoms with Gasteiger partial charge in [-0.3, -0.25) is 4.98 Å². The first kappa shape index (κ1) is 28.2. The van der Waals surface area contributed by atoms with E-state index in [1.54, 1.807) is 54.9 Å². The lowest BCUT2D eigenvalue weighted by Gasteiger charge is -2.05. The van der Waals surface area contributed by atoms with Crippen LogP contribution in [0.4, 0.5) is 11.4 Å². The zero-order chi connectivity index (χ0) is 25.3. The third-order valence-electron chi connectivity index (χ3n) is 3.95. The fourth-order valence-corrected chi connectivity index (χ4v) is 3.79. The quantitative estimate of drug-likeness (QED) is 0.172. The number of aromatic nitrogens is 2. The standard InChI is InChI=1S/C11H8Cl2N2.C6H5BCl2O2.C5H5BrN2/c12-8-4-7(5-9(13)6-8)11-10(14)2-1-3-15-11;8-5-1-4(7(10)11)2-6(9)3-5;6-5-4(7)2-1-3-8-5/h1-6H,14H2;1-3,10-11H;1-3H,7H2. The van der Waals surface area contributed by atoms with Gasteiger partial charge >= 0.3 is 7.12 Å². The maximum absolute atomic E-state index is 8.71. The second-order valence-electron chi connectivity index (χ2n) is 6.56. The van der Waals surface area contributed by atoms with E-state index in [1.165, 1.54) is 18.2 Å². The molecule has 0 bridgehead atoms. The summed E-state index contributed by atoms with van der Waals surface area (Å²) in [5.74, 6) is 0. The first-order valence-electron chi connectivity index (χ1n) is 9.42. The van der Waals surface area contributed by atoms with E-state index >= 15 is 0 Å². The van der Waals surface area contributed by atoms with Crippen LogP contribution in [0.15, 0.2) is 77.7 Å². The average molecular weight is 603 g/mol. The fourth-order valence-electron chi connectivity index (χ4n) is 2.47. The first-order chi connectivity index (χ1) is 16.1. The molecule has 0 amide bonds. The maximum atomic E-state index is 8.71. The van der Waals surface area contributed by atoms with Crippen LogP contribution in [0.1, 0.15) is 0 Å². The van der Waals surface area contributed by atoms with E-state index in [2.05, 4.69) is 25.9 Å². The van der Waals surface area contributed by atoms with Crippen LogP contribution in [0.3, 0.4) is 0 Å². The van der Waals surface area contributed by atoms with Crippen LogP contribution in [0.2, 0.25) is 20.1 Å². The Kier molecular flexibility index (Phi) is 11.4. The number of halogens is 5. The number of nitrogens with zero attached hydrogens (tertiary/aromatic N) is 2. The Hall–Kier alpha value is -2.04. The lowest BCUT2D eigenvalue weighted by Crippen LogP contribution is -2.29. The number of pyridine rings is 2. The van der Waals surface area contributed by atoms with Gasteiger partial charge in [0.25, 0.3) is 0 Å². The van der Waals surface area contributed by atoms with Crippen molar-refractivity contribution in [2.24, 2.45) is 0 Å². The average Bonchev–Trinajstić information content (AvgIpc) is 2.76. The zero-order valence-corrected chi connectivity index (χ0v) is 21.9. The van der Waals surface area contributed by atoms with Gasteiger partial charge in [0.2, 0.25) is 0 Å². The second kappa shape index (κ2) is 13.8. The third kappa shape index (κ3) is 9.31. The van der Waals surface area contributed by atoms with E-state index in [9.17, 15) is 0 Å². The van der Waals surface area contributed by atoms with Crippen molar-refractivity contribution in [2.75, 3.05) is 11.5 Å². The van der Waals surface area contributed by atoms with Gasteiger partial charge in [0.05, 0.1) is 17.1 Å². The highest BCUT2D eigenvalue weighted by Gasteiger charge is 2.11. The monoisotopic (exact) mass is 600 g/mol. The van der Waals surface area contributed by atoms with E-state index in [1.807, 2.05) is 0 Å². The van der Waals surface area contributed by atoms with Crippen LogP contribution in [0.25, 0.3) is 11.3 Å². The Morgan fingerprint density at radius 2 is 1.18 bits per heavy atom. The number of nitrogens with two attached hydrogens (primary N) is 2. The summed E-state index contributed by atoms with van der Waals surface area (Å²) in [5.41, 5.74) is 14.3. The molecule has 0 atom stereocenters. The first-order valence-corrected chi connectivity index (χ1v) is 11.7. The highest BCUT2D eigenvalue weighted by molar-refractivity contribution is 9.10. The van der Waals surface area contributed by atoms with Crippen LogP contribution in [-0.2, 0) is 0 Å². The van der Waals surface area contributed by atoms with Crippen LogP contribution < -0.4 is 16.9 Å². The summed E-state index contributed by atoms with van der Waals surface area (Å²) in [6, 6.07) is 16.8. The molecule has 0 saturated heterocycles. The molecular weight excluding hydrogens is 585 g/mol. The molecule has 0 aliphatic rings. The van der Waals surface area contributed by atoms with Gasteiger partial charge in [-0.1, -0.05) is 46.4 Å². The Labute approximate surface area is 225 Å². The molecular formula is C22H18BBrCl4N4O2. The van der Waals surface area contributed by atoms with Gasteiger partial charge in [0.15, 0.2) is 0 Å². The van der Waals surface area contributed by atoms with Crippen molar-refractivity contribution in [1.82, 2.24) is 9.97 Å². The Morgan fingerprint density at radius 1 is 0.706 bits per heavy atom.